The third kappa shape index (κ3) is 4.80. The zero-order valence-corrected chi connectivity index (χ0v) is 19.3. The molecule has 1 amide bonds. The van der Waals surface area contributed by atoms with Crippen LogP contribution in [0.5, 0.6) is 0 Å². The van der Waals surface area contributed by atoms with Crippen molar-refractivity contribution in [3.05, 3.63) is 93.1 Å². The number of aromatic nitrogens is 4. The van der Waals surface area contributed by atoms with Crippen LogP contribution in [0, 0.1) is 0 Å². The molecule has 0 fully saturated rings. The van der Waals surface area contributed by atoms with Crippen LogP contribution in [0.15, 0.2) is 76.4 Å². The van der Waals surface area contributed by atoms with Crippen LogP contribution in [-0.4, -0.2) is 31.8 Å². The van der Waals surface area contributed by atoms with Gasteiger partial charge in [0.1, 0.15) is 11.7 Å². The number of hydrogen-bond acceptors (Lipinski definition) is 4. The molecule has 7 nitrogen and oxygen atoms in total. The number of nitrogens with zero attached hydrogens (tertiary/aromatic N) is 4. The number of carbonyl (C=O) groups excluding carboxylic acids is 1. The number of nitrogens with one attached hydrogen (secondary N) is 1. The number of fused-ring (bicyclic) bond motifs is 1. The third-order valence-corrected chi connectivity index (χ3v) is 5.97. The number of halogens is 1. The Bertz CT molecular complexity index is 1270. The van der Waals surface area contributed by atoms with E-state index in [2.05, 4.69) is 31.3 Å². The topological polar surface area (TPSA) is 81.8 Å². The van der Waals surface area contributed by atoms with Gasteiger partial charge in [-0.2, -0.15) is 5.10 Å². The Morgan fingerprint density at radius 1 is 1.12 bits per heavy atom. The van der Waals surface area contributed by atoms with E-state index < -0.39 is 0 Å². The van der Waals surface area contributed by atoms with Gasteiger partial charge in [0.05, 0.1) is 25.2 Å². The Labute approximate surface area is 194 Å². The zero-order chi connectivity index (χ0) is 22.5. The summed E-state index contributed by atoms with van der Waals surface area (Å²) in [5, 5.41) is 7.77. The second-order valence-corrected chi connectivity index (χ2v) is 8.49. The van der Waals surface area contributed by atoms with Gasteiger partial charge in [-0.3, -0.25) is 14.2 Å². The molecule has 1 atom stereocenters. The Morgan fingerprint density at radius 3 is 2.59 bits per heavy atom. The molecule has 164 valence electrons. The minimum atomic E-state index is -0.186. The Morgan fingerprint density at radius 2 is 1.88 bits per heavy atom. The first-order valence-electron chi connectivity index (χ1n) is 10.5. The van der Waals surface area contributed by atoms with Crippen molar-refractivity contribution in [1.29, 1.82) is 0 Å². The average molecular weight is 494 g/mol. The molecule has 8 heteroatoms. The van der Waals surface area contributed by atoms with Gasteiger partial charge in [-0.1, -0.05) is 65.3 Å². The SMILES string of the molecule is CCC(C(=O)NCCn1ncc2c(=O)n(Cc3ccc(Br)cc3)cnc21)c1ccccc1. The zero-order valence-electron chi connectivity index (χ0n) is 17.7. The first-order valence-corrected chi connectivity index (χ1v) is 11.3. The summed E-state index contributed by atoms with van der Waals surface area (Å²) in [5.41, 5.74) is 2.40. The van der Waals surface area contributed by atoms with Gasteiger partial charge in [0.2, 0.25) is 5.91 Å². The van der Waals surface area contributed by atoms with Crippen LogP contribution in [0.3, 0.4) is 0 Å². The lowest BCUT2D eigenvalue weighted by Gasteiger charge is -2.15. The van der Waals surface area contributed by atoms with Crippen LogP contribution in [0.25, 0.3) is 11.0 Å². The average Bonchev–Trinajstić information content (AvgIpc) is 3.22. The lowest BCUT2D eigenvalue weighted by molar-refractivity contribution is -0.122. The van der Waals surface area contributed by atoms with Crippen LogP contribution < -0.4 is 10.9 Å². The van der Waals surface area contributed by atoms with Crippen LogP contribution in [0.4, 0.5) is 0 Å². The van der Waals surface area contributed by atoms with Gasteiger partial charge in [-0.05, 0) is 29.7 Å². The van der Waals surface area contributed by atoms with Crippen molar-refractivity contribution in [2.45, 2.75) is 32.4 Å². The maximum absolute atomic E-state index is 12.9. The summed E-state index contributed by atoms with van der Waals surface area (Å²) in [7, 11) is 0. The summed E-state index contributed by atoms with van der Waals surface area (Å²) < 4.78 is 4.22. The van der Waals surface area contributed by atoms with Crippen LogP contribution in [-0.2, 0) is 17.9 Å². The molecule has 32 heavy (non-hydrogen) atoms. The van der Waals surface area contributed by atoms with Gasteiger partial charge in [0.15, 0.2) is 5.65 Å². The largest absolute Gasteiger partial charge is 0.354 e. The standard InChI is InChI=1S/C24H24BrN5O2/c1-2-20(18-6-4-3-5-7-18)23(31)26-12-13-30-22-21(14-28-30)24(32)29(16-27-22)15-17-8-10-19(25)11-9-17/h3-11,14,16,20H,2,12-13,15H2,1H3,(H,26,31). The van der Waals surface area contributed by atoms with Crippen LogP contribution in [0.2, 0.25) is 0 Å². The van der Waals surface area contributed by atoms with Crippen molar-refractivity contribution in [3.63, 3.8) is 0 Å². The van der Waals surface area contributed by atoms with Crippen molar-refractivity contribution in [2.24, 2.45) is 0 Å². The molecule has 0 bridgehead atoms. The van der Waals surface area contributed by atoms with Gasteiger partial charge < -0.3 is 5.32 Å². The normalized spacial score (nSPS) is 12.1. The molecule has 1 N–H and O–H groups in total. The molecule has 2 heterocycles. The highest BCUT2D eigenvalue weighted by Crippen LogP contribution is 2.19. The van der Waals surface area contributed by atoms with E-state index in [9.17, 15) is 9.59 Å². The quantitative estimate of drug-likeness (QED) is 0.405. The molecule has 4 aromatic rings. The third-order valence-electron chi connectivity index (χ3n) is 5.44. The van der Waals surface area contributed by atoms with Crippen molar-refractivity contribution < 1.29 is 4.79 Å². The van der Waals surface area contributed by atoms with Crippen LogP contribution >= 0.6 is 15.9 Å². The maximum atomic E-state index is 12.9. The van der Waals surface area contributed by atoms with Crippen molar-refractivity contribution in [2.75, 3.05) is 6.54 Å². The minimum absolute atomic E-state index is 0.0139. The highest BCUT2D eigenvalue weighted by Gasteiger charge is 2.18. The first kappa shape index (κ1) is 22.0. The molecular formula is C24H24BrN5O2. The first-order chi connectivity index (χ1) is 15.6. The molecule has 0 aliphatic heterocycles. The van der Waals surface area contributed by atoms with E-state index >= 15 is 0 Å². The van der Waals surface area contributed by atoms with E-state index in [-0.39, 0.29) is 17.4 Å². The summed E-state index contributed by atoms with van der Waals surface area (Å²) in [5.74, 6) is -0.200. The van der Waals surface area contributed by atoms with E-state index in [1.165, 1.54) is 0 Å². The van der Waals surface area contributed by atoms with E-state index in [4.69, 9.17) is 0 Å². The molecule has 0 aliphatic rings. The lowest BCUT2D eigenvalue weighted by Crippen LogP contribution is -2.32. The van der Waals surface area contributed by atoms with E-state index in [0.29, 0.717) is 30.7 Å². The minimum Gasteiger partial charge on any atom is -0.354 e. The fourth-order valence-corrected chi connectivity index (χ4v) is 3.99. The highest BCUT2D eigenvalue weighted by molar-refractivity contribution is 9.10. The van der Waals surface area contributed by atoms with E-state index in [1.807, 2.05) is 61.5 Å². The number of amides is 1. The molecule has 1 unspecified atom stereocenters. The van der Waals surface area contributed by atoms with Crippen molar-refractivity contribution in [1.82, 2.24) is 24.6 Å². The van der Waals surface area contributed by atoms with Gasteiger partial charge in [0.25, 0.3) is 5.56 Å². The summed E-state index contributed by atoms with van der Waals surface area (Å²) in [6.45, 7) is 3.28. The molecule has 0 radical (unpaired) electrons. The van der Waals surface area contributed by atoms with Gasteiger partial charge in [-0.25, -0.2) is 9.67 Å². The number of carbonyl (C=O) groups is 1. The molecule has 2 aromatic carbocycles. The second-order valence-electron chi connectivity index (χ2n) is 7.57. The fourth-order valence-electron chi connectivity index (χ4n) is 3.73. The molecule has 0 saturated heterocycles. The summed E-state index contributed by atoms with van der Waals surface area (Å²) in [4.78, 5) is 30.0. The van der Waals surface area contributed by atoms with Gasteiger partial charge in [-0.15, -0.1) is 0 Å². The van der Waals surface area contributed by atoms with Gasteiger partial charge in [0, 0.05) is 11.0 Å². The second kappa shape index (κ2) is 9.91. The Kier molecular flexibility index (Phi) is 6.80. The van der Waals surface area contributed by atoms with Crippen molar-refractivity contribution >= 4 is 32.9 Å². The molecule has 0 aliphatic carbocycles. The van der Waals surface area contributed by atoms with Crippen LogP contribution in [0.1, 0.15) is 30.4 Å². The fraction of sp³-hybridized carbons (Fsp3) is 0.250. The maximum Gasteiger partial charge on any atom is 0.264 e. The summed E-state index contributed by atoms with van der Waals surface area (Å²) >= 11 is 3.42. The number of benzene rings is 2. The molecular weight excluding hydrogens is 470 g/mol. The van der Waals surface area contributed by atoms with E-state index in [1.54, 1.807) is 21.8 Å². The Balaban J connectivity index is 1.43. The predicted molar refractivity (Wildman–Crippen MR) is 128 cm³/mol. The molecule has 2 aromatic heterocycles. The smallest absolute Gasteiger partial charge is 0.264 e. The molecule has 4 rings (SSSR count). The number of rotatable bonds is 8. The van der Waals surface area contributed by atoms with Gasteiger partial charge >= 0.3 is 0 Å². The Hall–Kier alpha value is -3.26. The van der Waals surface area contributed by atoms with E-state index in [0.717, 1.165) is 22.0 Å². The highest BCUT2D eigenvalue weighted by atomic mass is 79.9. The summed E-state index contributed by atoms with van der Waals surface area (Å²) in [6, 6.07) is 17.6. The predicted octanol–water partition coefficient (Wildman–Crippen LogP) is 3.71. The lowest BCUT2D eigenvalue weighted by atomic mass is 9.96. The number of hydrogen-bond donors (Lipinski definition) is 1. The monoisotopic (exact) mass is 493 g/mol. The summed E-state index contributed by atoms with van der Waals surface area (Å²) in [6.07, 6.45) is 3.81. The molecule has 0 spiro atoms. The molecule has 0 saturated carbocycles. The van der Waals surface area contributed by atoms with Crippen molar-refractivity contribution in [3.8, 4) is 0 Å².